The fourth-order valence-corrected chi connectivity index (χ4v) is 2.57. The highest BCUT2D eigenvalue weighted by molar-refractivity contribution is 5.79. The molecule has 0 radical (unpaired) electrons. The van der Waals surface area contributed by atoms with Crippen LogP contribution in [0.15, 0.2) is 18.2 Å². The molecule has 19 heavy (non-hydrogen) atoms. The lowest BCUT2D eigenvalue weighted by Gasteiger charge is -2.30. The van der Waals surface area contributed by atoms with Crippen molar-refractivity contribution in [1.82, 2.24) is 4.90 Å². The number of fused-ring (bicyclic) bond motifs is 1. The maximum Gasteiger partial charge on any atom is 0.231 e. The summed E-state index contributed by atoms with van der Waals surface area (Å²) in [6.45, 7) is 1.74. The van der Waals surface area contributed by atoms with E-state index < -0.39 is 0 Å². The maximum atomic E-state index is 12.2. The van der Waals surface area contributed by atoms with Gasteiger partial charge in [-0.2, -0.15) is 0 Å². The average Bonchev–Trinajstić information content (AvgIpc) is 2.86. The number of nitrogens with zero attached hydrogens (tertiary/aromatic N) is 1. The third kappa shape index (κ3) is 2.66. The van der Waals surface area contributed by atoms with Crippen molar-refractivity contribution in [3.05, 3.63) is 23.8 Å². The van der Waals surface area contributed by atoms with Crippen LogP contribution in [-0.2, 0) is 11.2 Å². The molecule has 1 amide bonds. The molecule has 1 aromatic carbocycles. The number of hydrogen-bond acceptors (Lipinski definition) is 4. The highest BCUT2D eigenvalue weighted by Gasteiger charge is 2.22. The molecule has 0 spiro atoms. The van der Waals surface area contributed by atoms with Crippen molar-refractivity contribution in [2.75, 3.05) is 19.9 Å². The lowest BCUT2D eigenvalue weighted by Crippen LogP contribution is -2.46. The molecule has 2 N–H and O–H groups in total. The summed E-state index contributed by atoms with van der Waals surface area (Å²) < 4.78 is 10.6. The summed E-state index contributed by atoms with van der Waals surface area (Å²) in [4.78, 5) is 14.1. The minimum Gasteiger partial charge on any atom is -0.454 e. The van der Waals surface area contributed by atoms with Crippen LogP contribution in [0, 0.1) is 0 Å². The van der Waals surface area contributed by atoms with Crippen molar-refractivity contribution >= 4 is 5.91 Å². The Hall–Kier alpha value is -1.75. The summed E-state index contributed by atoms with van der Waals surface area (Å²) in [6.07, 6.45) is 2.39. The van der Waals surface area contributed by atoms with E-state index in [1.807, 2.05) is 23.1 Å². The van der Waals surface area contributed by atoms with Gasteiger partial charge in [-0.1, -0.05) is 6.07 Å². The second kappa shape index (κ2) is 5.09. The molecular formula is C14H18N2O3. The van der Waals surface area contributed by atoms with Crippen LogP contribution in [0.25, 0.3) is 0 Å². The number of ether oxygens (including phenoxy) is 2. The molecule has 1 unspecified atom stereocenters. The van der Waals surface area contributed by atoms with Gasteiger partial charge in [-0.05, 0) is 30.5 Å². The number of rotatable bonds is 2. The number of benzene rings is 1. The summed E-state index contributed by atoms with van der Waals surface area (Å²) >= 11 is 0. The predicted molar refractivity (Wildman–Crippen MR) is 70.1 cm³/mol. The Morgan fingerprint density at radius 2 is 2.21 bits per heavy atom. The van der Waals surface area contributed by atoms with E-state index in [1.165, 1.54) is 0 Å². The highest BCUT2D eigenvalue weighted by Crippen LogP contribution is 2.32. The minimum absolute atomic E-state index is 0.120. The molecule has 3 rings (SSSR count). The van der Waals surface area contributed by atoms with E-state index in [0.717, 1.165) is 36.4 Å². The molecule has 1 fully saturated rings. The summed E-state index contributed by atoms with van der Waals surface area (Å²) in [5, 5.41) is 0. The van der Waals surface area contributed by atoms with Gasteiger partial charge in [0.2, 0.25) is 12.7 Å². The van der Waals surface area contributed by atoms with Crippen LogP contribution in [0.4, 0.5) is 0 Å². The quantitative estimate of drug-likeness (QED) is 0.860. The number of piperidine rings is 1. The molecule has 2 aliphatic rings. The smallest absolute Gasteiger partial charge is 0.231 e. The monoisotopic (exact) mass is 262 g/mol. The van der Waals surface area contributed by atoms with Gasteiger partial charge < -0.3 is 20.1 Å². The molecule has 2 aliphatic heterocycles. The third-order valence-corrected chi connectivity index (χ3v) is 3.60. The maximum absolute atomic E-state index is 12.2. The van der Waals surface area contributed by atoms with E-state index in [2.05, 4.69) is 0 Å². The van der Waals surface area contributed by atoms with Gasteiger partial charge in [-0.15, -0.1) is 0 Å². The van der Waals surface area contributed by atoms with Crippen LogP contribution in [-0.4, -0.2) is 36.7 Å². The third-order valence-electron chi connectivity index (χ3n) is 3.60. The van der Waals surface area contributed by atoms with E-state index in [4.69, 9.17) is 15.2 Å². The van der Waals surface area contributed by atoms with E-state index in [1.54, 1.807) is 0 Å². The van der Waals surface area contributed by atoms with Gasteiger partial charge in [-0.3, -0.25) is 4.79 Å². The Balaban J connectivity index is 1.66. The zero-order valence-electron chi connectivity index (χ0n) is 10.8. The van der Waals surface area contributed by atoms with Gasteiger partial charge in [0.25, 0.3) is 0 Å². The molecule has 1 atom stereocenters. The number of likely N-dealkylation sites (tertiary alicyclic amines) is 1. The molecule has 1 saturated heterocycles. The number of carbonyl (C=O) groups is 1. The van der Waals surface area contributed by atoms with Crippen LogP contribution >= 0.6 is 0 Å². The molecule has 5 heteroatoms. The zero-order chi connectivity index (χ0) is 13.2. The fraction of sp³-hybridized carbons (Fsp3) is 0.500. The predicted octanol–water partition coefficient (Wildman–Crippen LogP) is 0.907. The minimum atomic E-state index is 0.120. The molecule has 102 valence electrons. The topological polar surface area (TPSA) is 64.8 Å². The van der Waals surface area contributed by atoms with Crippen LogP contribution in [0.5, 0.6) is 11.5 Å². The van der Waals surface area contributed by atoms with Crippen LogP contribution < -0.4 is 15.2 Å². The molecule has 1 aromatic rings. The van der Waals surface area contributed by atoms with Crippen LogP contribution in [0.3, 0.4) is 0 Å². The first-order chi connectivity index (χ1) is 9.22. The number of amides is 1. The van der Waals surface area contributed by atoms with Crippen molar-refractivity contribution < 1.29 is 14.3 Å². The molecule has 0 aliphatic carbocycles. The van der Waals surface area contributed by atoms with Gasteiger partial charge in [0.15, 0.2) is 11.5 Å². The first-order valence-electron chi connectivity index (χ1n) is 6.64. The summed E-state index contributed by atoms with van der Waals surface area (Å²) in [5.41, 5.74) is 6.85. The van der Waals surface area contributed by atoms with E-state index in [0.29, 0.717) is 13.0 Å². The fourth-order valence-electron chi connectivity index (χ4n) is 2.57. The molecule has 2 heterocycles. The normalized spacial score (nSPS) is 21.5. The molecular weight excluding hydrogens is 244 g/mol. The Bertz CT molecular complexity index is 490. The highest BCUT2D eigenvalue weighted by atomic mass is 16.7. The summed E-state index contributed by atoms with van der Waals surface area (Å²) in [5.74, 6) is 1.60. The van der Waals surface area contributed by atoms with Crippen molar-refractivity contribution in [1.29, 1.82) is 0 Å². The number of hydrogen-bond donors (Lipinski definition) is 1. The summed E-state index contributed by atoms with van der Waals surface area (Å²) in [6, 6.07) is 5.76. The van der Waals surface area contributed by atoms with E-state index in [-0.39, 0.29) is 18.7 Å². The van der Waals surface area contributed by atoms with Gasteiger partial charge in [0, 0.05) is 19.1 Å². The standard InChI is InChI=1S/C14H18N2O3/c15-11-2-1-5-16(8-11)14(17)7-10-3-4-12-13(6-10)19-9-18-12/h3-4,6,11H,1-2,5,7-9,15H2. The molecule has 5 nitrogen and oxygen atoms in total. The lowest BCUT2D eigenvalue weighted by molar-refractivity contribution is -0.131. The van der Waals surface area contributed by atoms with Gasteiger partial charge >= 0.3 is 0 Å². The largest absolute Gasteiger partial charge is 0.454 e. The first-order valence-corrected chi connectivity index (χ1v) is 6.64. The second-order valence-corrected chi connectivity index (χ2v) is 5.11. The zero-order valence-corrected chi connectivity index (χ0v) is 10.8. The van der Waals surface area contributed by atoms with Gasteiger partial charge in [0.1, 0.15) is 0 Å². The van der Waals surface area contributed by atoms with Crippen molar-refractivity contribution in [3.8, 4) is 11.5 Å². The van der Waals surface area contributed by atoms with Gasteiger partial charge in [0.05, 0.1) is 6.42 Å². The molecule has 0 bridgehead atoms. The number of carbonyl (C=O) groups excluding carboxylic acids is 1. The Morgan fingerprint density at radius 3 is 3.05 bits per heavy atom. The molecule has 0 saturated carbocycles. The summed E-state index contributed by atoms with van der Waals surface area (Å²) in [7, 11) is 0. The van der Waals surface area contributed by atoms with E-state index >= 15 is 0 Å². The molecule has 0 aromatic heterocycles. The van der Waals surface area contributed by atoms with Crippen molar-refractivity contribution in [3.63, 3.8) is 0 Å². The van der Waals surface area contributed by atoms with Crippen molar-refractivity contribution in [2.45, 2.75) is 25.3 Å². The Kier molecular flexibility index (Phi) is 3.29. The van der Waals surface area contributed by atoms with Gasteiger partial charge in [-0.25, -0.2) is 0 Å². The van der Waals surface area contributed by atoms with Crippen molar-refractivity contribution in [2.24, 2.45) is 5.73 Å². The van der Waals surface area contributed by atoms with E-state index in [9.17, 15) is 4.79 Å². The number of nitrogens with two attached hydrogens (primary N) is 1. The Morgan fingerprint density at radius 1 is 1.37 bits per heavy atom. The lowest BCUT2D eigenvalue weighted by atomic mass is 10.0. The van der Waals surface area contributed by atoms with Crippen LogP contribution in [0.2, 0.25) is 0 Å². The second-order valence-electron chi connectivity index (χ2n) is 5.11. The average molecular weight is 262 g/mol. The SMILES string of the molecule is NC1CCCN(C(=O)Cc2ccc3c(c2)OCO3)C1. The van der Waals surface area contributed by atoms with Crippen LogP contribution in [0.1, 0.15) is 18.4 Å². The Labute approximate surface area is 112 Å². The first kappa shape index (κ1) is 12.3.